The lowest BCUT2D eigenvalue weighted by Crippen LogP contribution is -2.27. The SMILES string of the molecule is COC(=O)Cc1ccc(OS(=O)(=O)c2ccc(S(=O)(=O)N3CCCC3)cc2)cc1. The van der Waals surface area contributed by atoms with Crippen LogP contribution < -0.4 is 4.18 Å². The number of hydrogen-bond acceptors (Lipinski definition) is 7. The number of nitrogens with zero attached hydrogens (tertiary/aromatic N) is 1. The van der Waals surface area contributed by atoms with Gasteiger partial charge in [0.2, 0.25) is 10.0 Å². The van der Waals surface area contributed by atoms with Crippen molar-refractivity contribution in [2.75, 3.05) is 20.2 Å². The Morgan fingerprint density at radius 3 is 2.00 bits per heavy atom. The summed E-state index contributed by atoms with van der Waals surface area (Å²) >= 11 is 0. The fraction of sp³-hybridized carbons (Fsp3) is 0.316. The number of sulfonamides is 1. The molecule has 0 amide bonds. The van der Waals surface area contributed by atoms with Gasteiger partial charge in [0.15, 0.2) is 0 Å². The highest BCUT2D eigenvalue weighted by Crippen LogP contribution is 2.24. The number of benzene rings is 2. The average molecular weight is 440 g/mol. The molecule has 0 N–H and O–H groups in total. The predicted octanol–water partition coefficient (Wildman–Crippen LogP) is 1.95. The smallest absolute Gasteiger partial charge is 0.339 e. The molecule has 0 aromatic heterocycles. The molecule has 3 rings (SSSR count). The topological polar surface area (TPSA) is 107 Å². The number of rotatable bonds is 7. The van der Waals surface area contributed by atoms with Gasteiger partial charge in [-0.2, -0.15) is 12.7 Å². The first-order valence-corrected chi connectivity index (χ1v) is 11.8. The molecule has 29 heavy (non-hydrogen) atoms. The first kappa shape index (κ1) is 21.3. The van der Waals surface area contributed by atoms with Crippen LogP contribution in [0.25, 0.3) is 0 Å². The third kappa shape index (κ3) is 4.95. The summed E-state index contributed by atoms with van der Waals surface area (Å²) in [5, 5.41) is 0. The maximum Gasteiger partial charge on any atom is 0.339 e. The van der Waals surface area contributed by atoms with Crippen LogP contribution in [0.15, 0.2) is 58.3 Å². The van der Waals surface area contributed by atoms with Crippen molar-refractivity contribution in [2.45, 2.75) is 29.1 Å². The van der Waals surface area contributed by atoms with Gasteiger partial charge < -0.3 is 8.92 Å². The van der Waals surface area contributed by atoms with E-state index < -0.39 is 26.1 Å². The number of carbonyl (C=O) groups excluding carboxylic acids is 1. The molecular formula is C19H21NO7S2. The largest absolute Gasteiger partial charge is 0.469 e. The molecule has 2 aromatic rings. The molecule has 1 saturated heterocycles. The van der Waals surface area contributed by atoms with Gasteiger partial charge in [-0.15, -0.1) is 0 Å². The molecule has 0 unspecified atom stereocenters. The van der Waals surface area contributed by atoms with Crippen LogP contribution in [-0.4, -0.2) is 47.3 Å². The van der Waals surface area contributed by atoms with Crippen LogP contribution in [0.5, 0.6) is 5.75 Å². The van der Waals surface area contributed by atoms with Crippen LogP contribution in [0.3, 0.4) is 0 Å². The van der Waals surface area contributed by atoms with Gasteiger partial charge in [0, 0.05) is 13.1 Å². The summed E-state index contributed by atoms with van der Waals surface area (Å²) in [6, 6.07) is 10.9. The normalized spacial score (nSPS) is 15.2. The first-order chi connectivity index (χ1) is 13.7. The second-order valence-corrected chi connectivity index (χ2v) is 10.0. The fourth-order valence-corrected chi connectivity index (χ4v) is 5.38. The molecule has 0 aliphatic carbocycles. The van der Waals surface area contributed by atoms with Gasteiger partial charge in [0.05, 0.1) is 18.4 Å². The van der Waals surface area contributed by atoms with Crippen LogP contribution in [0.2, 0.25) is 0 Å². The van der Waals surface area contributed by atoms with Gasteiger partial charge in [-0.25, -0.2) is 8.42 Å². The molecule has 1 aliphatic heterocycles. The zero-order valence-corrected chi connectivity index (χ0v) is 17.4. The average Bonchev–Trinajstić information content (AvgIpc) is 3.25. The highest BCUT2D eigenvalue weighted by Gasteiger charge is 2.27. The Morgan fingerprint density at radius 2 is 1.45 bits per heavy atom. The van der Waals surface area contributed by atoms with E-state index in [1.54, 1.807) is 12.1 Å². The lowest BCUT2D eigenvalue weighted by molar-refractivity contribution is -0.139. The number of ether oxygens (including phenoxy) is 1. The van der Waals surface area contributed by atoms with Gasteiger partial charge in [-0.3, -0.25) is 4.79 Å². The Morgan fingerprint density at radius 1 is 0.897 bits per heavy atom. The van der Waals surface area contributed by atoms with Crippen LogP contribution in [0.4, 0.5) is 0 Å². The second kappa shape index (κ2) is 8.52. The van der Waals surface area contributed by atoms with Gasteiger partial charge in [0.1, 0.15) is 10.6 Å². The van der Waals surface area contributed by atoms with Crippen LogP contribution in [0, 0.1) is 0 Å². The summed E-state index contributed by atoms with van der Waals surface area (Å²) in [7, 11) is -6.47. The van der Waals surface area contributed by atoms with Gasteiger partial charge >= 0.3 is 16.1 Å². The monoisotopic (exact) mass is 439 g/mol. The third-order valence-electron chi connectivity index (χ3n) is 4.52. The van der Waals surface area contributed by atoms with Crippen molar-refractivity contribution < 1.29 is 30.6 Å². The maximum atomic E-state index is 12.5. The predicted molar refractivity (Wildman–Crippen MR) is 104 cm³/mol. The summed E-state index contributed by atoms with van der Waals surface area (Å²) < 4.78 is 61.1. The Balaban J connectivity index is 1.73. The molecular weight excluding hydrogens is 418 g/mol. The van der Waals surface area contributed by atoms with Crippen LogP contribution >= 0.6 is 0 Å². The summed E-state index contributed by atoms with van der Waals surface area (Å²) in [6.45, 7) is 0.939. The lowest BCUT2D eigenvalue weighted by atomic mass is 10.1. The van der Waals surface area contributed by atoms with E-state index in [0.29, 0.717) is 18.7 Å². The van der Waals surface area contributed by atoms with E-state index in [1.165, 1.54) is 47.8 Å². The minimum Gasteiger partial charge on any atom is -0.469 e. The molecule has 0 atom stereocenters. The van der Waals surface area contributed by atoms with Crippen LogP contribution in [-0.2, 0) is 36.1 Å². The number of hydrogen-bond donors (Lipinski definition) is 0. The van der Waals surface area contributed by atoms with E-state index in [9.17, 15) is 21.6 Å². The second-order valence-electron chi connectivity index (χ2n) is 6.52. The van der Waals surface area contributed by atoms with Crippen molar-refractivity contribution in [2.24, 2.45) is 0 Å². The van der Waals surface area contributed by atoms with Crippen molar-refractivity contribution in [1.29, 1.82) is 0 Å². The number of carbonyl (C=O) groups is 1. The van der Waals surface area contributed by atoms with Crippen molar-refractivity contribution in [1.82, 2.24) is 4.31 Å². The minimum absolute atomic E-state index is 0.0468. The van der Waals surface area contributed by atoms with E-state index >= 15 is 0 Å². The molecule has 2 aromatic carbocycles. The zero-order valence-electron chi connectivity index (χ0n) is 15.8. The molecule has 0 bridgehead atoms. The van der Waals surface area contributed by atoms with E-state index in [0.717, 1.165) is 12.8 Å². The molecule has 1 heterocycles. The highest BCUT2D eigenvalue weighted by atomic mass is 32.2. The molecule has 0 radical (unpaired) electrons. The van der Waals surface area contributed by atoms with Gasteiger partial charge in [-0.1, -0.05) is 12.1 Å². The van der Waals surface area contributed by atoms with Crippen molar-refractivity contribution >= 4 is 26.1 Å². The van der Waals surface area contributed by atoms with Crippen molar-refractivity contribution in [3.05, 3.63) is 54.1 Å². The standard InChI is InChI=1S/C19H21NO7S2/c1-26-19(21)14-15-4-6-16(7-5-15)27-29(24,25)18-10-8-17(9-11-18)28(22,23)20-12-2-3-13-20/h4-11H,2-3,12-14H2,1H3. The summed E-state index contributed by atoms with van der Waals surface area (Å²) in [6.07, 6.45) is 1.70. The van der Waals surface area contributed by atoms with Crippen molar-refractivity contribution in [3.63, 3.8) is 0 Å². The quantitative estimate of drug-likeness (QED) is 0.479. The highest BCUT2D eigenvalue weighted by molar-refractivity contribution is 7.89. The van der Waals surface area contributed by atoms with E-state index in [1.807, 2.05) is 0 Å². The van der Waals surface area contributed by atoms with Gasteiger partial charge in [-0.05, 0) is 54.8 Å². The molecule has 0 saturated carbocycles. The molecule has 8 nitrogen and oxygen atoms in total. The van der Waals surface area contributed by atoms with Gasteiger partial charge in [0.25, 0.3) is 0 Å². The minimum atomic E-state index is -4.14. The van der Waals surface area contributed by atoms with Crippen molar-refractivity contribution in [3.8, 4) is 5.75 Å². The maximum absolute atomic E-state index is 12.5. The summed E-state index contributed by atoms with van der Waals surface area (Å²) in [4.78, 5) is 11.2. The number of esters is 1. The first-order valence-electron chi connectivity index (χ1n) is 8.93. The molecule has 156 valence electrons. The Bertz CT molecular complexity index is 1070. The summed E-state index contributed by atoms with van der Waals surface area (Å²) in [5.41, 5.74) is 0.651. The molecule has 1 fully saturated rings. The van der Waals surface area contributed by atoms with E-state index in [-0.39, 0.29) is 22.0 Å². The fourth-order valence-electron chi connectivity index (χ4n) is 2.93. The zero-order chi connectivity index (χ0) is 21.1. The molecule has 10 heteroatoms. The van der Waals surface area contributed by atoms with Crippen LogP contribution in [0.1, 0.15) is 18.4 Å². The van der Waals surface area contributed by atoms with E-state index in [4.69, 9.17) is 4.18 Å². The molecule has 1 aliphatic rings. The Hall–Kier alpha value is -2.43. The Labute approximate surface area is 170 Å². The van der Waals surface area contributed by atoms with E-state index in [2.05, 4.69) is 4.74 Å². The lowest BCUT2D eigenvalue weighted by Gasteiger charge is -2.15. The molecule has 0 spiro atoms. The number of methoxy groups -OCH3 is 1. The summed E-state index contributed by atoms with van der Waals surface area (Å²) in [5.74, 6) is -0.331. The third-order valence-corrected chi connectivity index (χ3v) is 7.69. The Kier molecular flexibility index (Phi) is 6.25.